The van der Waals surface area contributed by atoms with Gasteiger partial charge in [-0.3, -0.25) is 0 Å². The largest absolute Gasteiger partial charge is 0.489 e. The molecule has 16 heavy (non-hydrogen) atoms. The maximum atomic E-state index is 5.77. The lowest BCUT2D eigenvalue weighted by Crippen LogP contribution is -2.30. The fraction of sp³-hybridized carbons (Fsp3) is 0.286. The van der Waals surface area contributed by atoms with Crippen molar-refractivity contribution in [3.05, 3.63) is 36.4 Å². The Kier molecular flexibility index (Phi) is 2.21. The fourth-order valence-corrected chi connectivity index (χ4v) is 2.18. The molecule has 0 fully saturated rings. The van der Waals surface area contributed by atoms with E-state index in [0.29, 0.717) is 6.04 Å². The van der Waals surface area contributed by atoms with Crippen molar-refractivity contribution in [1.29, 1.82) is 0 Å². The van der Waals surface area contributed by atoms with Crippen LogP contribution in [0.5, 0.6) is 5.75 Å². The minimum atomic E-state index is 0.429. The molecule has 2 aromatic rings. The van der Waals surface area contributed by atoms with E-state index < -0.39 is 0 Å². The Bertz CT molecular complexity index is 521. The number of hydrogen-bond donors (Lipinski definition) is 1. The molecule has 0 aliphatic carbocycles. The van der Waals surface area contributed by atoms with Crippen LogP contribution in [-0.2, 0) is 0 Å². The minimum absolute atomic E-state index is 0.429. The summed E-state index contributed by atoms with van der Waals surface area (Å²) >= 11 is 0. The molecule has 1 aliphatic rings. The van der Waals surface area contributed by atoms with Gasteiger partial charge in [0.2, 0.25) is 0 Å². The molecule has 2 heteroatoms. The first-order valence-electron chi connectivity index (χ1n) is 5.79. The maximum Gasteiger partial charge on any atom is 0.143 e. The zero-order chi connectivity index (χ0) is 11.0. The van der Waals surface area contributed by atoms with Gasteiger partial charge in [0.25, 0.3) is 0 Å². The van der Waals surface area contributed by atoms with Crippen LogP contribution in [0.25, 0.3) is 10.8 Å². The van der Waals surface area contributed by atoms with Crippen LogP contribution >= 0.6 is 0 Å². The van der Waals surface area contributed by atoms with E-state index in [1.807, 2.05) is 0 Å². The number of hydrogen-bond acceptors (Lipinski definition) is 2. The molecule has 2 nitrogen and oxygen atoms in total. The van der Waals surface area contributed by atoms with E-state index in [2.05, 4.69) is 48.6 Å². The molecular formula is C14H15NO. The number of rotatable bonds is 1. The van der Waals surface area contributed by atoms with E-state index in [1.165, 1.54) is 10.8 Å². The van der Waals surface area contributed by atoms with Gasteiger partial charge in [-0.05, 0) is 17.9 Å². The lowest BCUT2D eigenvalue weighted by Gasteiger charge is -2.27. The second-order valence-corrected chi connectivity index (χ2v) is 4.22. The monoisotopic (exact) mass is 213 g/mol. The third kappa shape index (κ3) is 1.42. The van der Waals surface area contributed by atoms with Gasteiger partial charge in [0, 0.05) is 5.39 Å². The van der Waals surface area contributed by atoms with Gasteiger partial charge < -0.3 is 10.1 Å². The summed E-state index contributed by atoms with van der Waals surface area (Å²) < 4.78 is 5.77. The molecule has 0 bridgehead atoms. The first-order chi connectivity index (χ1) is 7.88. The Morgan fingerprint density at radius 1 is 1.25 bits per heavy atom. The van der Waals surface area contributed by atoms with Crippen molar-refractivity contribution in [2.45, 2.75) is 19.4 Å². The second kappa shape index (κ2) is 3.71. The molecule has 0 radical (unpaired) electrons. The van der Waals surface area contributed by atoms with Crippen LogP contribution < -0.4 is 10.1 Å². The highest BCUT2D eigenvalue weighted by Crippen LogP contribution is 2.36. The van der Waals surface area contributed by atoms with Gasteiger partial charge in [-0.25, -0.2) is 0 Å². The fourth-order valence-electron chi connectivity index (χ4n) is 2.18. The molecule has 0 saturated carbocycles. The SMILES string of the molecule is CCC1COc2ccc3ccccc3c2N1. The van der Waals surface area contributed by atoms with E-state index >= 15 is 0 Å². The zero-order valence-corrected chi connectivity index (χ0v) is 9.36. The third-order valence-corrected chi connectivity index (χ3v) is 3.17. The first-order valence-corrected chi connectivity index (χ1v) is 5.79. The van der Waals surface area contributed by atoms with E-state index in [9.17, 15) is 0 Å². The molecular weight excluding hydrogens is 198 g/mol. The Morgan fingerprint density at radius 3 is 3.00 bits per heavy atom. The summed E-state index contributed by atoms with van der Waals surface area (Å²) in [7, 11) is 0. The topological polar surface area (TPSA) is 21.3 Å². The molecule has 1 N–H and O–H groups in total. The Morgan fingerprint density at radius 2 is 2.12 bits per heavy atom. The molecule has 0 saturated heterocycles. The minimum Gasteiger partial charge on any atom is -0.489 e. The third-order valence-electron chi connectivity index (χ3n) is 3.17. The molecule has 1 atom stereocenters. The van der Waals surface area contributed by atoms with E-state index in [1.54, 1.807) is 0 Å². The average molecular weight is 213 g/mol. The predicted molar refractivity (Wildman–Crippen MR) is 67.1 cm³/mol. The molecule has 1 unspecified atom stereocenters. The van der Waals surface area contributed by atoms with Crippen molar-refractivity contribution in [1.82, 2.24) is 0 Å². The smallest absolute Gasteiger partial charge is 0.143 e. The summed E-state index contributed by atoms with van der Waals surface area (Å²) in [5.41, 5.74) is 1.15. The highest BCUT2D eigenvalue weighted by Gasteiger charge is 2.18. The zero-order valence-electron chi connectivity index (χ0n) is 9.36. The molecule has 1 aliphatic heterocycles. The van der Waals surface area contributed by atoms with Crippen LogP contribution in [0.15, 0.2) is 36.4 Å². The van der Waals surface area contributed by atoms with Crippen molar-refractivity contribution in [3.63, 3.8) is 0 Å². The van der Waals surface area contributed by atoms with Gasteiger partial charge in [-0.1, -0.05) is 37.3 Å². The summed E-state index contributed by atoms with van der Waals surface area (Å²) in [6.07, 6.45) is 1.09. The standard InChI is InChI=1S/C14H15NO/c1-2-11-9-16-13-8-7-10-5-3-4-6-12(10)14(13)15-11/h3-8,11,15H,2,9H2,1H3. The van der Waals surface area contributed by atoms with Crippen LogP contribution in [0, 0.1) is 0 Å². The summed E-state index contributed by atoms with van der Waals surface area (Å²) in [5, 5.41) is 6.07. The molecule has 0 spiro atoms. The highest BCUT2D eigenvalue weighted by atomic mass is 16.5. The van der Waals surface area contributed by atoms with Crippen molar-refractivity contribution in [3.8, 4) is 5.75 Å². The van der Waals surface area contributed by atoms with Crippen molar-refractivity contribution in [2.75, 3.05) is 11.9 Å². The summed E-state index contributed by atoms with van der Waals surface area (Å²) in [5.74, 6) is 0.975. The average Bonchev–Trinajstić information content (AvgIpc) is 2.38. The number of benzene rings is 2. The van der Waals surface area contributed by atoms with Gasteiger partial charge >= 0.3 is 0 Å². The molecule has 82 valence electrons. The second-order valence-electron chi connectivity index (χ2n) is 4.22. The van der Waals surface area contributed by atoms with Gasteiger partial charge in [-0.2, -0.15) is 0 Å². The van der Waals surface area contributed by atoms with Gasteiger partial charge in [0.05, 0.1) is 11.7 Å². The molecule has 3 rings (SSSR count). The Labute approximate surface area is 95.2 Å². The summed E-state index contributed by atoms with van der Waals surface area (Å²) in [6, 6.07) is 13.0. The maximum absolute atomic E-state index is 5.77. The number of ether oxygens (including phenoxy) is 1. The number of nitrogens with one attached hydrogen (secondary N) is 1. The lowest BCUT2D eigenvalue weighted by molar-refractivity contribution is 0.282. The Balaban J connectivity index is 2.17. The van der Waals surface area contributed by atoms with Gasteiger partial charge in [0.15, 0.2) is 0 Å². The van der Waals surface area contributed by atoms with Crippen LogP contribution in [0.1, 0.15) is 13.3 Å². The molecule has 1 heterocycles. The van der Waals surface area contributed by atoms with Crippen LogP contribution in [0.4, 0.5) is 5.69 Å². The molecule has 0 aromatic heterocycles. The first kappa shape index (κ1) is 9.52. The Hall–Kier alpha value is -1.70. The van der Waals surface area contributed by atoms with E-state index in [4.69, 9.17) is 4.74 Å². The van der Waals surface area contributed by atoms with Crippen LogP contribution in [-0.4, -0.2) is 12.6 Å². The molecule has 0 amide bonds. The van der Waals surface area contributed by atoms with E-state index in [0.717, 1.165) is 24.5 Å². The van der Waals surface area contributed by atoms with Crippen molar-refractivity contribution < 1.29 is 4.74 Å². The quantitative estimate of drug-likeness (QED) is 0.783. The van der Waals surface area contributed by atoms with E-state index in [-0.39, 0.29) is 0 Å². The predicted octanol–water partition coefficient (Wildman–Crippen LogP) is 3.42. The summed E-state index contributed by atoms with van der Waals surface area (Å²) in [4.78, 5) is 0. The van der Waals surface area contributed by atoms with Crippen molar-refractivity contribution in [2.24, 2.45) is 0 Å². The van der Waals surface area contributed by atoms with Gasteiger partial charge in [-0.15, -0.1) is 0 Å². The normalized spacial score (nSPS) is 18.7. The lowest BCUT2D eigenvalue weighted by atomic mass is 10.1. The van der Waals surface area contributed by atoms with Crippen LogP contribution in [0.2, 0.25) is 0 Å². The van der Waals surface area contributed by atoms with Gasteiger partial charge in [0.1, 0.15) is 12.4 Å². The van der Waals surface area contributed by atoms with Crippen molar-refractivity contribution >= 4 is 16.5 Å². The van der Waals surface area contributed by atoms with Crippen LogP contribution in [0.3, 0.4) is 0 Å². The number of anilines is 1. The molecule has 2 aromatic carbocycles. The number of fused-ring (bicyclic) bond motifs is 3. The summed E-state index contributed by atoms with van der Waals surface area (Å²) in [6.45, 7) is 2.94. The highest BCUT2D eigenvalue weighted by molar-refractivity contribution is 5.97.